The van der Waals surface area contributed by atoms with Crippen molar-refractivity contribution in [1.82, 2.24) is 5.32 Å². The van der Waals surface area contributed by atoms with Gasteiger partial charge in [-0.05, 0) is 13.0 Å². The van der Waals surface area contributed by atoms with Crippen LogP contribution in [0, 0.1) is 16.0 Å². The predicted molar refractivity (Wildman–Crippen MR) is 85.6 cm³/mol. The molecule has 8 nitrogen and oxygen atoms in total. The Bertz CT molecular complexity index is 698. The fourth-order valence-electron chi connectivity index (χ4n) is 2.09. The average Bonchev–Trinajstić information content (AvgIpc) is 2.50. The van der Waals surface area contributed by atoms with Crippen LogP contribution in [0.4, 0.5) is 4.39 Å². The van der Waals surface area contributed by atoms with E-state index in [-0.39, 0.29) is 4.86 Å². The van der Waals surface area contributed by atoms with Crippen LogP contribution in [0.2, 0.25) is 0 Å². The molecule has 134 valence electrons. The lowest BCUT2D eigenvalue weighted by Crippen LogP contribution is -2.52. The maximum Gasteiger partial charge on any atom is 0.294 e. The minimum Gasteiger partial charge on any atom is -0.346 e. The molecule has 0 aromatic rings. The molecule has 0 heterocycles. The Labute approximate surface area is 147 Å². The minimum atomic E-state index is -2.73. The molecular weight excluding hydrogens is 390 g/mol. The first-order valence-corrected chi connectivity index (χ1v) is 8.40. The molecule has 1 rings (SSSR count). The van der Waals surface area contributed by atoms with Gasteiger partial charge in [-0.1, -0.05) is 40.9 Å². The van der Waals surface area contributed by atoms with Gasteiger partial charge < -0.3 is 10.2 Å². The van der Waals surface area contributed by atoms with E-state index in [9.17, 15) is 27.7 Å². The number of halogens is 3. The molecular formula is C12H13Cl2FN2O6S. The number of amides is 1. The van der Waals surface area contributed by atoms with Crippen molar-refractivity contribution in [2.24, 2.45) is 5.92 Å². The van der Waals surface area contributed by atoms with E-state index < -0.39 is 50.9 Å². The number of nitrogens with one attached hydrogen (secondary N) is 1. The molecule has 1 amide bonds. The Kier molecular flexibility index (Phi) is 7.64. The summed E-state index contributed by atoms with van der Waals surface area (Å²) in [6, 6.07) is -1.54. The molecule has 1 unspecified atom stereocenters. The number of carbonyl (C=O) groups is 1. The van der Waals surface area contributed by atoms with E-state index in [2.05, 4.69) is 10.2 Å². The summed E-state index contributed by atoms with van der Waals surface area (Å²) >= 11 is 10.7. The fourth-order valence-corrected chi connectivity index (χ4v) is 2.94. The van der Waals surface area contributed by atoms with E-state index in [1.165, 1.54) is 18.2 Å². The van der Waals surface area contributed by atoms with Crippen molar-refractivity contribution in [2.45, 2.75) is 23.9 Å². The van der Waals surface area contributed by atoms with Gasteiger partial charge in [-0.15, -0.1) is 10.1 Å². The summed E-state index contributed by atoms with van der Waals surface area (Å²) < 4.78 is 36.1. The van der Waals surface area contributed by atoms with Gasteiger partial charge in [-0.2, -0.15) is 8.42 Å². The van der Waals surface area contributed by atoms with Gasteiger partial charge in [-0.3, -0.25) is 4.79 Å². The van der Waals surface area contributed by atoms with E-state index in [0.29, 0.717) is 5.57 Å². The molecule has 0 aliphatic heterocycles. The molecule has 12 heteroatoms. The third kappa shape index (κ3) is 5.46. The van der Waals surface area contributed by atoms with E-state index in [4.69, 9.17) is 23.2 Å². The number of alkyl halides is 3. The van der Waals surface area contributed by atoms with Crippen molar-refractivity contribution < 1.29 is 27.5 Å². The summed E-state index contributed by atoms with van der Waals surface area (Å²) in [7, 11) is -2.73. The molecule has 1 N–H and O–H groups in total. The highest BCUT2D eigenvalue weighted by Crippen LogP contribution is 2.23. The monoisotopic (exact) mass is 402 g/mol. The zero-order chi connectivity index (χ0) is 18.4. The van der Waals surface area contributed by atoms with Gasteiger partial charge in [0.1, 0.15) is 12.8 Å². The normalized spacial score (nSPS) is 19.5. The first-order valence-electron chi connectivity index (χ1n) is 6.45. The maximum atomic E-state index is 13.3. The summed E-state index contributed by atoms with van der Waals surface area (Å²) in [5.41, 5.74) is 0.577. The number of hydrogen-bond acceptors (Lipinski definition) is 6. The third-order valence-corrected chi connectivity index (χ3v) is 4.28. The van der Waals surface area contributed by atoms with E-state index in [1.807, 2.05) is 0 Å². The lowest BCUT2D eigenvalue weighted by atomic mass is 9.88. The van der Waals surface area contributed by atoms with Crippen LogP contribution in [0.15, 0.2) is 23.8 Å². The second kappa shape index (κ2) is 9.00. The summed E-state index contributed by atoms with van der Waals surface area (Å²) in [6.45, 7) is 0.347. The lowest BCUT2D eigenvalue weighted by molar-refractivity contribution is -0.770. The largest absolute Gasteiger partial charge is 0.346 e. The molecule has 0 aromatic carbocycles. The summed E-state index contributed by atoms with van der Waals surface area (Å²) in [5.74, 6) is -2.17. The van der Waals surface area contributed by atoms with Gasteiger partial charge in [0.05, 0.1) is 10.9 Å². The molecule has 0 saturated carbocycles. The molecule has 0 spiro atoms. The SMILES string of the molecule is CC1=CC(=S(=O)=O)C([C@@H](O[N+](=O)[O-])[C@@H](CF)NC(=O)C(Cl)Cl)C=C1. The van der Waals surface area contributed by atoms with Crippen molar-refractivity contribution in [1.29, 1.82) is 0 Å². The van der Waals surface area contributed by atoms with Crippen molar-refractivity contribution in [3.8, 4) is 0 Å². The summed E-state index contributed by atoms with van der Waals surface area (Å²) in [6.07, 6.45) is 2.46. The molecule has 1 aliphatic carbocycles. The van der Waals surface area contributed by atoms with Crippen molar-refractivity contribution in [2.75, 3.05) is 6.67 Å². The molecule has 0 saturated heterocycles. The highest BCUT2D eigenvalue weighted by Gasteiger charge is 2.37. The van der Waals surface area contributed by atoms with Crippen LogP contribution in [0.25, 0.3) is 0 Å². The Morgan fingerprint density at radius 3 is 2.62 bits per heavy atom. The number of allylic oxidation sites excluding steroid dienone is 3. The summed E-state index contributed by atoms with van der Waals surface area (Å²) in [5, 5.41) is 11.6. The first-order chi connectivity index (χ1) is 11.2. The number of hydrogen-bond donors (Lipinski definition) is 1. The molecule has 3 atom stereocenters. The van der Waals surface area contributed by atoms with Crippen LogP contribution >= 0.6 is 23.2 Å². The van der Waals surface area contributed by atoms with Gasteiger partial charge in [-0.25, -0.2) is 4.39 Å². The van der Waals surface area contributed by atoms with Crippen molar-refractivity contribution in [3.05, 3.63) is 33.9 Å². The van der Waals surface area contributed by atoms with Gasteiger partial charge in [0.15, 0.2) is 4.84 Å². The number of nitrogens with zero attached hydrogens (tertiary/aromatic N) is 1. The van der Waals surface area contributed by atoms with Gasteiger partial charge in [0.2, 0.25) is 10.3 Å². The topological polar surface area (TPSA) is 116 Å². The molecule has 0 aromatic heterocycles. The Morgan fingerprint density at radius 2 is 2.17 bits per heavy atom. The van der Waals surface area contributed by atoms with Crippen LogP contribution < -0.4 is 5.32 Å². The molecule has 0 fully saturated rings. The third-order valence-electron chi connectivity index (χ3n) is 3.11. The Morgan fingerprint density at radius 1 is 1.54 bits per heavy atom. The van der Waals surface area contributed by atoms with Crippen LogP contribution in [0.1, 0.15) is 6.92 Å². The highest BCUT2D eigenvalue weighted by atomic mass is 35.5. The maximum absolute atomic E-state index is 13.3. The van der Waals surface area contributed by atoms with Gasteiger partial charge in [0.25, 0.3) is 11.0 Å². The summed E-state index contributed by atoms with van der Waals surface area (Å²) in [4.78, 5) is 24.9. The molecule has 0 radical (unpaired) electrons. The second-order valence-corrected chi connectivity index (χ2v) is 6.81. The Balaban J connectivity index is 3.25. The fraction of sp³-hybridized carbons (Fsp3) is 0.500. The quantitative estimate of drug-likeness (QED) is 0.294. The lowest BCUT2D eigenvalue weighted by Gasteiger charge is -2.30. The van der Waals surface area contributed by atoms with Crippen molar-refractivity contribution >= 4 is 44.3 Å². The van der Waals surface area contributed by atoms with Crippen LogP contribution in [0.5, 0.6) is 0 Å². The average molecular weight is 403 g/mol. The molecule has 1 aliphatic rings. The first kappa shape index (κ1) is 20.4. The minimum absolute atomic E-state index is 0.233. The van der Waals surface area contributed by atoms with Gasteiger partial charge in [0, 0.05) is 5.92 Å². The zero-order valence-corrected chi connectivity index (χ0v) is 14.5. The van der Waals surface area contributed by atoms with Crippen LogP contribution in [-0.4, -0.2) is 47.9 Å². The Hall–Kier alpha value is -1.65. The predicted octanol–water partition coefficient (Wildman–Crippen LogP) is 1.01. The number of rotatable bonds is 7. The van der Waals surface area contributed by atoms with E-state index >= 15 is 0 Å². The van der Waals surface area contributed by atoms with Gasteiger partial charge >= 0.3 is 0 Å². The highest BCUT2D eigenvalue weighted by molar-refractivity contribution is 7.73. The van der Waals surface area contributed by atoms with Crippen molar-refractivity contribution in [3.63, 3.8) is 0 Å². The van der Waals surface area contributed by atoms with E-state index in [0.717, 1.165) is 0 Å². The smallest absolute Gasteiger partial charge is 0.294 e. The zero-order valence-electron chi connectivity index (χ0n) is 12.2. The molecule has 0 bridgehead atoms. The van der Waals surface area contributed by atoms with E-state index in [1.54, 1.807) is 6.92 Å². The van der Waals surface area contributed by atoms with Crippen LogP contribution in [0.3, 0.4) is 0 Å². The second-order valence-electron chi connectivity index (χ2n) is 4.77. The van der Waals surface area contributed by atoms with Crippen LogP contribution in [-0.2, 0) is 19.9 Å². The standard InChI is InChI=1S/C12H13Cl2FN2O6S/c1-6-2-3-7(9(4-6)24(21)22)10(23-17(19)20)8(5-15)16-12(18)11(13)14/h2-4,7-8,10-11H,5H2,1H3,(H,16,18)/t7?,8-,10-/m1/s1. The number of carbonyl (C=O) groups excluding carboxylic acids is 1. The molecule has 24 heavy (non-hydrogen) atoms.